The summed E-state index contributed by atoms with van der Waals surface area (Å²) in [6.45, 7) is 6.09. The van der Waals surface area contributed by atoms with Crippen molar-refractivity contribution in [3.8, 4) is 0 Å². The summed E-state index contributed by atoms with van der Waals surface area (Å²) >= 11 is 0. The molecule has 1 aromatic rings. The molecule has 102 valence electrons. The molecule has 1 amide bonds. The number of nitrogens with one attached hydrogen (secondary N) is 1. The van der Waals surface area contributed by atoms with Gasteiger partial charge in [0.2, 0.25) is 5.91 Å². The molecule has 1 fully saturated rings. The van der Waals surface area contributed by atoms with Gasteiger partial charge in [-0.1, -0.05) is 43.7 Å². The molecule has 0 saturated heterocycles. The Bertz CT molecular complexity index is 505. The number of aliphatic carboxylic acids is 1. The van der Waals surface area contributed by atoms with Crippen molar-refractivity contribution in [3.05, 3.63) is 35.4 Å². The molecule has 0 radical (unpaired) electrons. The number of aryl methyl sites for hydroxylation is 1. The van der Waals surface area contributed by atoms with Gasteiger partial charge < -0.3 is 10.4 Å². The van der Waals surface area contributed by atoms with Gasteiger partial charge in [0.05, 0.1) is 11.8 Å². The second-order valence-corrected chi connectivity index (χ2v) is 5.82. The highest BCUT2D eigenvalue weighted by atomic mass is 16.4. The summed E-state index contributed by atoms with van der Waals surface area (Å²) in [7, 11) is 0. The molecule has 0 unspecified atom stereocenters. The summed E-state index contributed by atoms with van der Waals surface area (Å²) in [6.07, 6.45) is 0. The van der Waals surface area contributed by atoms with Gasteiger partial charge in [-0.05, 0) is 17.9 Å². The van der Waals surface area contributed by atoms with Crippen LogP contribution in [0, 0.1) is 24.2 Å². The van der Waals surface area contributed by atoms with Crippen LogP contribution in [0.5, 0.6) is 0 Å². The molecule has 0 aliphatic heterocycles. The summed E-state index contributed by atoms with van der Waals surface area (Å²) < 4.78 is 0. The minimum atomic E-state index is -0.888. The van der Waals surface area contributed by atoms with Gasteiger partial charge >= 0.3 is 5.97 Å². The van der Waals surface area contributed by atoms with Gasteiger partial charge in [-0.25, -0.2) is 0 Å². The van der Waals surface area contributed by atoms with E-state index in [2.05, 4.69) is 5.32 Å². The Balaban J connectivity index is 1.93. The Morgan fingerprint density at radius 1 is 1.21 bits per heavy atom. The number of rotatable bonds is 4. The molecule has 4 heteroatoms. The highest BCUT2D eigenvalue weighted by Crippen LogP contribution is 2.58. The van der Waals surface area contributed by atoms with E-state index in [1.165, 1.54) is 5.56 Å². The Morgan fingerprint density at radius 2 is 1.79 bits per heavy atom. The summed E-state index contributed by atoms with van der Waals surface area (Å²) in [4.78, 5) is 23.0. The lowest BCUT2D eigenvalue weighted by molar-refractivity contribution is -0.140. The second-order valence-electron chi connectivity index (χ2n) is 5.82. The van der Waals surface area contributed by atoms with Gasteiger partial charge in [0.1, 0.15) is 0 Å². The first kappa shape index (κ1) is 13.6. The number of hydrogen-bond donors (Lipinski definition) is 2. The maximum absolute atomic E-state index is 12.0. The first-order valence-electron chi connectivity index (χ1n) is 6.40. The monoisotopic (exact) mass is 261 g/mol. The number of carboxylic acids is 1. The molecular weight excluding hydrogens is 242 g/mol. The molecule has 1 saturated carbocycles. The third-order valence-electron chi connectivity index (χ3n) is 3.96. The van der Waals surface area contributed by atoms with E-state index in [1.54, 1.807) is 0 Å². The minimum absolute atomic E-state index is 0.169. The van der Waals surface area contributed by atoms with Gasteiger partial charge in [-0.15, -0.1) is 0 Å². The van der Waals surface area contributed by atoms with Gasteiger partial charge in [0.25, 0.3) is 0 Å². The first-order chi connectivity index (χ1) is 8.84. The molecule has 2 N–H and O–H groups in total. The smallest absolute Gasteiger partial charge is 0.307 e. The fourth-order valence-corrected chi connectivity index (χ4v) is 2.59. The number of carbonyl (C=O) groups is 2. The van der Waals surface area contributed by atoms with Gasteiger partial charge in [-0.2, -0.15) is 0 Å². The number of carbonyl (C=O) groups excluding carboxylic acids is 1. The largest absolute Gasteiger partial charge is 0.481 e. The third-order valence-corrected chi connectivity index (χ3v) is 3.96. The predicted molar refractivity (Wildman–Crippen MR) is 71.4 cm³/mol. The Kier molecular flexibility index (Phi) is 3.35. The van der Waals surface area contributed by atoms with Crippen LogP contribution in [0.2, 0.25) is 0 Å². The zero-order valence-electron chi connectivity index (χ0n) is 11.4. The lowest BCUT2D eigenvalue weighted by Gasteiger charge is -2.06. The predicted octanol–water partition coefficient (Wildman–Crippen LogP) is 1.97. The summed E-state index contributed by atoms with van der Waals surface area (Å²) in [5.74, 6) is -2.04. The third kappa shape index (κ3) is 2.62. The van der Waals surface area contributed by atoms with Crippen LogP contribution in [0.15, 0.2) is 24.3 Å². The van der Waals surface area contributed by atoms with E-state index in [0.717, 1.165) is 5.56 Å². The molecule has 1 aliphatic carbocycles. The lowest BCUT2D eigenvalue weighted by Crippen LogP contribution is -2.26. The van der Waals surface area contributed by atoms with Crippen molar-refractivity contribution >= 4 is 11.9 Å². The van der Waals surface area contributed by atoms with E-state index < -0.39 is 23.2 Å². The van der Waals surface area contributed by atoms with Crippen molar-refractivity contribution in [2.45, 2.75) is 27.3 Å². The van der Waals surface area contributed by atoms with Crippen LogP contribution in [0.1, 0.15) is 25.0 Å². The van der Waals surface area contributed by atoms with Crippen molar-refractivity contribution in [1.29, 1.82) is 0 Å². The van der Waals surface area contributed by atoms with E-state index in [-0.39, 0.29) is 5.91 Å². The number of amides is 1. The van der Waals surface area contributed by atoms with Gasteiger partial charge in [-0.3, -0.25) is 9.59 Å². The average Bonchev–Trinajstić information content (AvgIpc) is 2.91. The summed E-state index contributed by atoms with van der Waals surface area (Å²) in [5, 5.41) is 11.9. The van der Waals surface area contributed by atoms with Crippen LogP contribution in [-0.2, 0) is 16.1 Å². The quantitative estimate of drug-likeness (QED) is 0.870. The molecule has 0 spiro atoms. The SMILES string of the molecule is Cc1ccc(CNC(=O)[C@@H]2[C@H](C(=O)O)C2(C)C)cc1. The molecule has 0 bridgehead atoms. The maximum Gasteiger partial charge on any atom is 0.307 e. The number of carboxylic acid groups (broad SMARTS) is 1. The van der Waals surface area contributed by atoms with E-state index in [9.17, 15) is 9.59 Å². The summed E-state index contributed by atoms with van der Waals surface area (Å²) in [6, 6.07) is 7.90. The Hall–Kier alpha value is -1.84. The van der Waals surface area contributed by atoms with E-state index in [1.807, 2.05) is 45.0 Å². The van der Waals surface area contributed by atoms with Crippen molar-refractivity contribution in [2.24, 2.45) is 17.3 Å². The standard InChI is InChI=1S/C15H19NO3/c1-9-4-6-10(7-5-9)8-16-13(17)11-12(14(18)19)15(11,2)3/h4-7,11-12H,8H2,1-3H3,(H,16,17)(H,18,19)/t11-,12+/m0/s1. The zero-order valence-corrected chi connectivity index (χ0v) is 11.4. The topological polar surface area (TPSA) is 66.4 Å². The molecule has 4 nitrogen and oxygen atoms in total. The number of benzene rings is 1. The maximum atomic E-state index is 12.0. The molecular formula is C15H19NO3. The molecule has 2 atom stereocenters. The highest BCUT2D eigenvalue weighted by molar-refractivity contribution is 5.91. The Morgan fingerprint density at radius 3 is 2.26 bits per heavy atom. The minimum Gasteiger partial charge on any atom is -0.481 e. The number of hydrogen-bond acceptors (Lipinski definition) is 2. The Labute approximate surface area is 112 Å². The summed E-state index contributed by atoms with van der Waals surface area (Å²) in [5.41, 5.74) is 1.75. The fraction of sp³-hybridized carbons (Fsp3) is 0.467. The lowest BCUT2D eigenvalue weighted by atomic mass is 10.1. The van der Waals surface area contributed by atoms with Crippen LogP contribution >= 0.6 is 0 Å². The second kappa shape index (κ2) is 4.68. The molecule has 2 rings (SSSR count). The molecule has 19 heavy (non-hydrogen) atoms. The van der Waals surface area contributed by atoms with Crippen LogP contribution in [0.3, 0.4) is 0 Å². The van der Waals surface area contributed by atoms with E-state index >= 15 is 0 Å². The molecule has 0 heterocycles. The van der Waals surface area contributed by atoms with Crippen LogP contribution < -0.4 is 5.32 Å². The normalized spacial score (nSPS) is 23.7. The molecule has 1 aliphatic rings. The fourth-order valence-electron chi connectivity index (χ4n) is 2.59. The average molecular weight is 261 g/mol. The van der Waals surface area contributed by atoms with Gasteiger partial charge in [0, 0.05) is 6.54 Å². The van der Waals surface area contributed by atoms with Crippen LogP contribution in [0.4, 0.5) is 0 Å². The van der Waals surface area contributed by atoms with Crippen LogP contribution in [0.25, 0.3) is 0 Å². The highest BCUT2D eigenvalue weighted by Gasteiger charge is 2.65. The zero-order chi connectivity index (χ0) is 14.2. The van der Waals surface area contributed by atoms with Crippen LogP contribution in [-0.4, -0.2) is 17.0 Å². The van der Waals surface area contributed by atoms with Crippen molar-refractivity contribution in [3.63, 3.8) is 0 Å². The van der Waals surface area contributed by atoms with E-state index in [0.29, 0.717) is 6.54 Å². The molecule has 0 aromatic heterocycles. The van der Waals surface area contributed by atoms with Crippen molar-refractivity contribution < 1.29 is 14.7 Å². The molecule has 1 aromatic carbocycles. The van der Waals surface area contributed by atoms with E-state index in [4.69, 9.17) is 5.11 Å². The van der Waals surface area contributed by atoms with Crippen molar-refractivity contribution in [1.82, 2.24) is 5.32 Å². The van der Waals surface area contributed by atoms with Gasteiger partial charge in [0.15, 0.2) is 0 Å². The van der Waals surface area contributed by atoms with Crippen molar-refractivity contribution in [2.75, 3.05) is 0 Å². The first-order valence-corrected chi connectivity index (χ1v) is 6.40.